The van der Waals surface area contributed by atoms with Gasteiger partial charge in [0.2, 0.25) is 0 Å². The van der Waals surface area contributed by atoms with E-state index in [1.807, 2.05) is 0 Å². The number of hydrogen-bond donors (Lipinski definition) is 0. The van der Waals surface area contributed by atoms with E-state index in [0.29, 0.717) is 0 Å². The number of hydrogen-bond acceptors (Lipinski definition) is 4. The van der Waals surface area contributed by atoms with Crippen LogP contribution in [0.4, 0.5) is 0 Å². The Hall–Kier alpha value is -4.88. The molecule has 0 radical (unpaired) electrons. The predicted octanol–water partition coefficient (Wildman–Crippen LogP) is 7.11. The highest BCUT2D eigenvalue weighted by molar-refractivity contribution is 7.96. The number of carboxylic acids is 2. The molecule has 4 nitrogen and oxygen atoms in total. The molecule has 0 aliphatic heterocycles. The van der Waals surface area contributed by atoms with Crippen molar-refractivity contribution in [3.05, 3.63) is 182 Å². The summed E-state index contributed by atoms with van der Waals surface area (Å²) in [7, 11) is -3.20. The van der Waals surface area contributed by atoms with Crippen molar-refractivity contribution in [2.75, 3.05) is 0 Å². The maximum absolute atomic E-state index is 9.50. The minimum absolute atomic E-state index is 0.470. The lowest BCUT2D eigenvalue weighted by Crippen LogP contribution is -2.37. The lowest BCUT2D eigenvalue weighted by molar-refractivity contribution is -0.315. The van der Waals surface area contributed by atoms with Crippen molar-refractivity contribution in [3.63, 3.8) is 0 Å². The molecule has 0 N–H and O–H groups in total. The Morgan fingerprint density at radius 1 is 0.357 bits per heavy atom. The van der Waals surface area contributed by atoms with Gasteiger partial charge in [-0.15, -0.1) is 0 Å². The molecule has 2 aliphatic carbocycles. The lowest BCUT2D eigenvalue weighted by Gasteiger charge is -2.32. The molecule has 2 aliphatic rings. The van der Waals surface area contributed by atoms with Crippen LogP contribution in [-0.2, 0) is 9.59 Å². The second kappa shape index (κ2) is 20.3. The molecular weight excluding hydrogens is 726 g/mol. The van der Waals surface area contributed by atoms with Crippen LogP contribution in [0.1, 0.15) is 64.2 Å². The van der Waals surface area contributed by atoms with Crippen LogP contribution >= 0.6 is 14.5 Å². The zero-order valence-corrected chi connectivity index (χ0v) is 33.9. The molecule has 0 unspecified atom stereocenters. The van der Waals surface area contributed by atoms with Crippen molar-refractivity contribution >= 4 is 58.3 Å². The summed E-state index contributed by atoms with van der Waals surface area (Å²) in [4.78, 5) is 19.0. The number of benzene rings is 6. The van der Waals surface area contributed by atoms with Gasteiger partial charge in [-0.05, 0) is 137 Å². The minimum atomic E-state index is -1.60. The zero-order valence-electron chi connectivity index (χ0n) is 32.1. The maximum Gasteiger partial charge on any atom is 0.115 e. The molecule has 286 valence electrons. The Labute approximate surface area is 334 Å². The van der Waals surface area contributed by atoms with E-state index in [2.05, 4.69) is 182 Å². The van der Waals surface area contributed by atoms with Gasteiger partial charge in [-0.25, -0.2) is 0 Å². The molecule has 0 amide bonds. The van der Waals surface area contributed by atoms with Crippen molar-refractivity contribution in [1.82, 2.24) is 0 Å². The molecule has 0 saturated heterocycles. The summed E-state index contributed by atoms with van der Waals surface area (Å²) < 4.78 is 0. The van der Waals surface area contributed by atoms with Crippen molar-refractivity contribution in [2.24, 2.45) is 0 Å². The molecule has 0 atom stereocenters. The number of carbonyl (C=O) groups excluding carboxylic acids is 2. The monoisotopic (exact) mass is 778 g/mol. The molecule has 0 heterocycles. The summed E-state index contributed by atoms with van der Waals surface area (Å²) in [6.45, 7) is 0. The van der Waals surface area contributed by atoms with Gasteiger partial charge in [-0.1, -0.05) is 109 Å². The summed E-state index contributed by atoms with van der Waals surface area (Å²) in [6, 6.07) is 67.8. The highest BCUT2D eigenvalue weighted by atomic mass is 31.2. The van der Waals surface area contributed by atoms with E-state index in [1.165, 1.54) is 83.2 Å². The summed E-state index contributed by atoms with van der Waals surface area (Å²) in [5.74, 6) is -2.73. The fraction of sp³-hybridized carbons (Fsp3) is 0.240. The Kier molecular flexibility index (Phi) is 14.8. The van der Waals surface area contributed by atoms with Crippen LogP contribution < -0.4 is 42.0 Å². The molecule has 2 saturated carbocycles. The SMILES string of the molecule is O=C([O-])CCC(=O)[O-].c1ccc([P+](c2ccccc2)(c2ccccc2)C2CCCC2)cc1.c1ccc([P+](c2ccccc2)(c2ccccc2)C2CCCC2)cc1. The zero-order chi connectivity index (χ0) is 39.1. The third-order valence-corrected chi connectivity index (χ3v) is 21.2. The van der Waals surface area contributed by atoms with Gasteiger partial charge in [-0.2, -0.15) is 0 Å². The van der Waals surface area contributed by atoms with E-state index < -0.39 is 39.3 Å². The van der Waals surface area contributed by atoms with Crippen molar-refractivity contribution in [1.29, 1.82) is 0 Å². The molecule has 56 heavy (non-hydrogen) atoms. The van der Waals surface area contributed by atoms with Gasteiger partial charge in [0, 0.05) is 11.9 Å². The van der Waals surface area contributed by atoms with E-state index in [9.17, 15) is 19.8 Å². The maximum atomic E-state index is 9.50. The van der Waals surface area contributed by atoms with Crippen molar-refractivity contribution in [3.8, 4) is 0 Å². The summed E-state index contributed by atoms with van der Waals surface area (Å²) in [6.07, 6.45) is 9.97. The summed E-state index contributed by atoms with van der Waals surface area (Å²) in [5, 5.41) is 28.2. The van der Waals surface area contributed by atoms with Gasteiger partial charge in [0.1, 0.15) is 46.4 Å². The molecule has 0 spiro atoms. The third-order valence-electron chi connectivity index (χ3n) is 11.3. The van der Waals surface area contributed by atoms with Crippen molar-refractivity contribution in [2.45, 2.75) is 75.5 Å². The summed E-state index contributed by atoms with van der Waals surface area (Å²) >= 11 is 0. The standard InChI is InChI=1S/2C23H24P.C4H6O4/c2*1-4-12-20(13-5-1)24(23-18-10-11-19-23,21-14-6-2-7-15-21)22-16-8-3-9-17-22;5-3(6)1-2-4(7)8/h2*1-9,12-17,23H,10-11,18-19H2;1-2H2,(H,5,6)(H,7,8)/q2*+1;/p-2. The largest absolute Gasteiger partial charge is 0.550 e. The van der Waals surface area contributed by atoms with Crippen LogP contribution in [0.5, 0.6) is 0 Å². The van der Waals surface area contributed by atoms with Gasteiger partial charge < -0.3 is 19.8 Å². The van der Waals surface area contributed by atoms with Gasteiger partial charge in [0.05, 0.1) is 11.3 Å². The quantitative estimate of drug-likeness (QED) is 0.132. The smallest absolute Gasteiger partial charge is 0.115 e. The topological polar surface area (TPSA) is 80.3 Å². The van der Waals surface area contributed by atoms with E-state index in [0.717, 1.165) is 11.3 Å². The highest BCUT2D eigenvalue weighted by Gasteiger charge is 2.54. The second-order valence-corrected chi connectivity index (χ2v) is 22.0. The third kappa shape index (κ3) is 9.38. The normalized spacial score (nSPS) is 14.5. The van der Waals surface area contributed by atoms with Crippen LogP contribution in [-0.4, -0.2) is 23.3 Å². The predicted molar refractivity (Wildman–Crippen MR) is 234 cm³/mol. The van der Waals surface area contributed by atoms with Crippen LogP contribution in [0.15, 0.2) is 182 Å². The van der Waals surface area contributed by atoms with E-state index in [1.54, 1.807) is 0 Å². The van der Waals surface area contributed by atoms with Crippen LogP contribution in [0.3, 0.4) is 0 Å². The molecule has 0 aromatic heterocycles. The Morgan fingerprint density at radius 2 is 0.536 bits per heavy atom. The van der Waals surface area contributed by atoms with Crippen LogP contribution in [0, 0.1) is 0 Å². The molecule has 8 rings (SSSR count). The molecule has 6 heteroatoms. The number of rotatable bonds is 11. The first-order chi connectivity index (χ1) is 27.5. The highest BCUT2D eigenvalue weighted by Crippen LogP contribution is 2.65. The van der Waals surface area contributed by atoms with E-state index in [-0.39, 0.29) is 0 Å². The fourth-order valence-corrected chi connectivity index (χ4v) is 19.4. The van der Waals surface area contributed by atoms with Crippen molar-refractivity contribution < 1.29 is 19.8 Å². The Morgan fingerprint density at radius 3 is 0.696 bits per heavy atom. The van der Waals surface area contributed by atoms with E-state index in [4.69, 9.17) is 0 Å². The van der Waals surface area contributed by atoms with Gasteiger partial charge in [-0.3, -0.25) is 0 Å². The molecule has 0 bridgehead atoms. The average Bonchev–Trinajstić information content (AvgIpc) is 4.01. The second-order valence-electron chi connectivity index (χ2n) is 14.6. The number of aliphatic carboxylic acids is 2. The summed E-state index contributed by atoms with van der Waals surface area (Å²) in [5.41, 5.74) is 1.54. The number of carbonyl (C=O) groups is 2. The van der Waals surface area contributed by atoms with Gasteiger partial charge in [0.25, 0.3) is 0 Å². The lowest BCUT2D eigenvalue weighted by atomic mass is 10.3. The van der Waals surface area contributed by atoms with Gasteiger partial charge >= 0.3 is 0 Å². The van der Waals surface area contributed by atoms with Crippen LogP contribution in [0.25, 0.3) is 0 Å². The molecule has 6 aromatic rings. The first-order valence-corrected chi connectivity index (χ1v) is 23.7. The first-order valence-electron chi connectivity index (χ1n) is 20.0. The Balaban J connectivity index is 0.000000160. The van der Waals surface area contributed by atoms with Crippen LogP contribution in [0.2, 0.25) is 0 Å². The minimum Gasteiger partial charge on any atom is -0.550 e. The van der Waals surface area contributed by atoms with E-state index >= 15 is 0 Å². The molecular formula is C50H52O4P2. The molecule has 6 aromatic carbocycles. The fourth-order valence-electron chi connectivity index (χ4n) is 8.93. The Bertz CT molecular complexity index is 1700. The molecule has 2 fully saturated rings. The number of carboxylic acid groups (broad SMARTS) is 2. The first kappa shape index (κ1) is 40.8. The van der Waals surface area contributed by atoms with Gasteiger partial charge in [0.15, 0.2) is 0 Å². The average molecular weight is 779 g/mol.